The number of nitrogens with one attached hydrogen (secondary N) is 1. The predicted molar refractivity (Wildman–Crippen MR) is 77.8 cm³/mol. The van der Waals surface area contributed by atoms with Crippen LogP contribution < -0.4 is 5.32 Å². The predicted octanol–water partition coefficient (Wildman–Crippen LogP) is 1.97. The molecule has 0 aliphatic heterocycles. The minimum absolute atomic E-state index is 0.223. The van der Waals surface area contributed by atoms with Gasteiger partial charge in [0.1, 0.15) is 18.3 Å². The maximum atomic E-state index is 12.0. The minimum atomic E-state index is -0.223. The first kappa shape index (κ1) is 13.0. The molecule has 2 heterocycles. The quantitative estimate of drug-likeness (QED) is 0.792. The Morgan fingerprint density at radius 3 is 2.67 bits per heavy atom. The molecule has 104 valence electrons. The third-order valence-corrected chi connectivity index (χ3v) is 2.92. The Bertz CT molecular complexity index is 708. The second-order valence-electron chi connectivity index (χ2n) is 4.46. The molecule has 0 bridgehead atoms. The van der Waals surface area contributed by atoms with E-state index < -0.39 is 0 Å². The molecular formula is C15H13N5O. The first-order valence-electron chi connectivity index (χ1n) is 6.45. The summed E-state index contributed by atoms with van der Waals surface area (Å²) in [6, 6.07) is 12.8. The molecule has 3 aromatic rings. The molecule has 2 aromatic heterocycles. The van der Waals surface area contributed by atoms with Gasteiger partial charge in [0.2, 0.25) is 0 Å². The van der Waals surface area contributed by atoms with Crippen molar-refractivity contribution < 1.29 is 4.79 Å². The van der Waals surface area contributed by atoms with Crippen molar-refractivity contribution in [2.75, 3.05) is 5.32 Å². The van der Waals surface area contributed by atoms with Crippen molar-refractivity contribution in [3.05, 3.63) is 72.6 Å². The smallest absolute Gasteiger partial charge is 0.274 e. The molecular weight excluding hydrogens is 266 g/mol. The number of nitrogens with zero attached hydrogens (tertiary/aromatic N) is 4. The first-order chi connectivity index (χ1) is 10.3. The Balaban J connectivity index is 1.66. The number of anilines is 1. The Hall–Kier alpha value is -3.02. The summed E-state index contributed by atoms with van der Waals surface area (Å²) in [6.45, 7) is 0.647. The van der Waals surface area contributed by atoms with E-state index in [1.54, 1.807) is 35.4 Å². The Morgan fingerprint density at radius 2 is 2.00 bits per heavy atom. The average Bonchev–Trinajstić information content (AvgIpc) is 3.03. The Labute approximate surface area is 121 Å². The van der Waals surface area contributed by atoms with E-state index in [9.17, 15) is 4.79 Å². The fourth-order valence-corrected chi connectivity index (χ4v) is 1.89. The molecule has 0 fully saturated rings. The van der Waals surface area contributed by atoms with Gasteiger partial charge in [-0.25, -0.2) is 9.67 Å². The van der Waals surface area contributed by atoms with Gasteiger partial charge in [-0.05, 0) is 29.8 Å². The van der Waals surface area contributed by atoms with Gasteiger partial charge in [0, 0.05) is 11.9 Å². The summed E-state index contributed by atoms with van der Waals surface area (Å²) in [6.07, 6.45) is 4.76. The maximum Gasteiger partial charge on any atom is 0.274 e. The molecule has 0 aliphatic carbocycles. The molecule has 0 atom stereocenters. The molecule has 0 radical (unpaired) electrons. The number of benzene rings is 1. The normalized spacial score (nSPS) is 10.3. The third-order valence-electron chi connectivity index (χ3n) is 2.92. The number of rotatable bonds is 4. The average molecular weight is 279 g/mol. The van der Waals surface area contributed by atoms with Crippen molar-refractivity contribution in [1.82, 2.24) is 19.7 Å². The summed E-state index contributed by atoms with van der Waals surface area (Å²) in [4.78, 5) is 19.9. The number of pyridine rings is 1. The topological polar surface area (TPSA) is 72.7 Å². The van der Waals surface area contributed by atoms with Crippen molar-refractivity contribution in [3.63, 3.8) is 0 Å². The zero-order valence-corrected chi connectivity index (χ0v) is 11.2. The van der Waals surface area contributed by atoms with Gasteiger partial charge in [-0.2, -0.15) is 5.10 Å². The van der Waals surface area contributed by atoms with Crippen LogP contribution in [0.4, 0.5) is 5.69 Å². The fourth-order valence-electron chi connectivity index (χ4n) is 1.89. The van der Waals surface area contributed by atoms with E-state index in [1.807, 2.05) is 24.3 Å². The molecule has 0 aliphatic rings. The third kappa shape index (κ3) is 3.30. The summed E-state index contributed by atoms with van der Waals surface area (Å²) in [5, 5.41) is 6.86. The van der Waals surface area contributed by atoms with Crippen molar-refractivity contribution in [2.45, 2.75) is 6.54 Å². The summed E-state index contributed by atoms with van der Waals surface area (Å²) >= 11 is 0. The van der Waals surface area contributed by atoms with E-state index in [0.717, 1.165) is 11.3 Å². The van der Waals surface area contributed by atoms with Crippen LogP contribution in [-0.2, 0) is 6.54 Å². The van der Waals surface area contributed by atoms with Gasteiger partial charge < -0.3 is 5.32 Å². The van der Waals surface area contributed by atoms with Crippen molar-refractivity contribution >= 4 is 11.6 Å². The van der Waals surface area contributed by atoms with E-state index in [0.29, 0.717) is 12.2 Å². The number of hydrogen-bond donors (Lipinski definition) is 1. The summed E-state index contributed by atoms with van der Waals surface area (Å²) in [7, 11) is 0. The lowest BCUT2D eigenvalue weighted by atomic mass is 10.2. The fraction of sp³-hybridized carbons (Fsp3) is 0.0667. The van der Waals surface area contributed by atoms with Gasteiger partial charge in [0.05, 0.1) is 6.54 Å². The van der Waals surface area contributed by atoms with E-state index in [2.05, 4.69) is 20.4 Å². The van der Waals surface area contributed by atoms with Crippen LogP contribution >= 0.6 is 0 Å². The van der Waals surface area contributed by atoms with Gasteiger partial charge in [0.15, 0.2) is 0 Å². The highest BCUT2D eigenvalue weighted by Crippen LogP contribution is 2.11. The molecule has 0 saturated heterocycles. The minimum Gasteiger partial charge on any atom is -0.321 e. The van der Waals surface area contributed by atoms with E-state index in [1.165, 1.54) is 6.33 Å². The molecule has 0 unspecified atom stereocenters. The number of aromatic nitrogens is 4. The maximum absolute atomic E-state index is 12.0. The first-order valence-corrected chi connectivity index (χ1v) is 6.45. The number of carbonyl (C=O) groups is 1. The molecule has 1 N–H and O–H groups in total. The zero-order valence-electron chi connectivity index (χ0n) is 11.2. The lowest BCUT2D eigenvalue weighted by molar-refractivity contribution is 0.102. The van der Waals surface area contributed by atoms with Gasteiger partial charge in [0.25, 0.3) is 5.91 Å². The molecule has 6 heteroatoms. The monoisotopic (exact) mass is 279 g/mol. The zero-order chi connectivity index (χ0) is 14.5. The van der Waals surface area contributed by atoms with E-state index in [-0.39, 0.29) is 5.91 Å². The van der Waals surface area contributed by atoms with Crippen LogP contribution in [0.2, 0.25) is 0 Å². The Morgan fingerprint density at radius 1 is 1.14 bits per heavy atom. The largest absolute Gasteiger partial charge is 0.321 e. The lowest BCUT2D eigenvalue weighted by Gasteiger charge is -2.06. The lowest BCUT2D eigenvalue weighted by Crippen LogP contribution is -2.13. The molecule has 1 amide bonds. The highest BCUT2D eigenvalue weighted by molar-refractivity contribution is 6.02. The molecule has 0 spiro atoms. The van der Waals surface area contributed by atoms with Crippen molar-refractivity contribution in [3.8, 4) is 0 Å². The van der Waals surface area contributed by atoms with Crippen LogP contribution in [0.5, 0.6) is 0 Å². The van der Waals surface area contributed by atoms with Crippen molar-refractivity contribution in [2.24, 2.45) is 0 Å². The van der Waals surface area contributed by atoms with E-state index in [4.69, 9.17) is 0 Å². The molecule has 1 aromatic carbocycles. The van der Waals surface area contributed by atoms with Crippen LogP contribution in [-0.4, -0.2) is 25.7 Å². The summed E-state index contributed by atoms with van der Waals surface area (Å²) < 4.78 is 1.74. The Kier molecular flexibility index (Phi) is 3.68. The second-order valence-corrected chi connectivity index (χ2v) is 4.46. The van der Waals surface area contributed by atoms with E-state index >= 15 is 0 Å². The number of amides is 1. The van der Waals surface area contributed by atoms with Crippen LogP contribution in [0.15, 0.2) is 61.3 Å². The van der Waals surface area contributed by atoms with Gasteiger partial charge in [-0.1, -0.05) is 18.2 Å². The second kappa shape index (κ2) is 5.96. The standard InChI is InChI=1S/C15H13N5O/c21-15(14-3-1-2-8-17-14)19-13-6-4-12(5-7-13)9-20-11-16-10-18-20/h1-8,10-11H,9H2,(H,19,21). The van der Waals surface area contributed by atoms with Crippen LogP contribution in [0.25, 0.3) is 0 Å². The van der Waals surface area contributed by atoms with Crippen LogP contribution in [0.1, 0.15) is 16.1 Å². The molecule has 3 rings (SSSR count). The highest BCUT2D eigenvalue weighted by Gasteiger charge is 2.06. The van der Waals surface area contributed by atoms with Gasteiger partial charge in [-0.3, -0.25) is 9.78 Å². The molecule has 0 saturated carbocycles. The van der Waals surface area contributed by atoms with Crippen LogP contribution in [0.3, 0.4) is 0 Å². The van der Waals surface area contributed by atoms with Gasteiger partial charge >= 0.3 is 0 Å². The molecule has 21 heavy (non-hydrogen) atoms. The number of hydrogen-bond acceptors (Lipinski definition) is 4. The SMILES string of the molecule is O=C(Nc1ccc(Cn2cncn2)cc1)c1ccccn1. The summed E-state index contributed by atoms with van der Waals surface area (Å²) in [5.74, 6) is -0.223. The summed E-state index contributed by atoms with van der Waals surface area (Å²) in [5.41, 5.74) is 2.20. The molecule has 6 nitrogen and oxygen atoms in total. The highest BCUT2D eigenvalue weighted by atomic mass is 16.1. The van der Waals surface area contributed by atoms with Crippen LogP contribution in [0, 0.1) is 0 Å². The van der Waals surface area contributed by atoms with Crippen molar-refractivity contribution in [1.29, 1.82) is 0 Å². The van der Waals surface area contributed by atoms with Gasteiger partial charge in [-0.15, -0.1) is 0 Å². The number of carbonyl (C=O) groups excluding carboxylic acids is 1.